The smallest absolute Gasteiger partial charge is 0.221 e. The van der Waals surface area contributed by atoms with Crippen molar-refractivity contribution in [3.05, 3.63) is 42.1 Å². The van der Waals surface area contributed by atoms with Crippen molar-refractivity contribution in [1.82, 2.24) is 9.88 Å². The number of likely N-dealkylation sites (tertiary alicyclic amines) is 1. The van der Waals surface area contributed by atoms with E-state index in [1.807, 2.05) is 12.1 Å². The summed E-state index contributed by atoms with van der Waals surface area (Å²) in [5, 5.41) is 0. The summed E-state index contributed by atoms with van der Waals surface area (Å²) in [5.41, 5.74) is 3.14. The average molecular weight is 366 g/mol. The van der Waals surface area contributed by atoms with E-state index in [1.54, 1.807) is 13.3 Å². The molecule has 0 N–H and O–H groups in total. The van der Waals surface area contributed by atoms with Gasteiger partial charge in [-0.2, -0.15) is 0 Å². The van der Waals surface area contributed by atoms with Crippen molar-refractivity contribution in [3.63, 3.8) is 0 Å². The quantitative estimate of drug-likeness (QED) is 0.821. The van der Waals surface area contributed by atoms with Gasteiger partial charge in [-0.3, -0.25) is 4.90 Å². The molecule has 5 rings (SSSR count). The van der Waals surface area contributed by atoms with E-state index >= 15 is 0 Å². The highest BCUT2D eigenvalue weighted by Gasteiger charge is 2.42. The van der Waals surface area contributed by atoms with Crippen molar-refractivity contribution in [3.8, 4) is 22.8 Å². The molecule has 1 aliphatic carbocycles. The van der Waals surface area contributed by atoms with Crippen LogP contribution < -0.4 is 9.47 Å². The lowest BCUT2D eigenvalue weighted by Gasteiger charge is -2.47. The molecule has 1 saturated heterocycles. The molecule has 1 spiro atoms. The molecule has 0 amide bonds. The van der Waals surface area contributed by atoms with Gasteiger partial charge in [0.05, 0.1) is 13.7 Å². The van der Waals surface area contributed by atoms with Gasteiger partial charge in [-0.25, -0.2) is 4.98 Å². The number of benzene rings is 1. The molecule has 0 atom stereocenters. The highest BCUT2D eigenvalue weighted by atomic mass is 16.7. The maximum atomic E-state index is 6.39. The Morgan fingerprint density at radius 3 is 2.78 bits per heavy atom. The summed E-state index contributed by atoms with van der Waals surface area (Å²) in [4.78, 5) is 6.92. The minimum atomic E-state index is -0.444. The number of ether oxygens (including phenoxy) is 3. The fourth-order valence-corrected chi connectivity index (χ4v) is 4.40. The Labute approximate surface area is 160 Å². The van der Waals surface area contributed by atoms with Crippen molar-refractivity contribution in [2.75, 3.05) is 20.2 Å². The second kappa shape index (κ2) is 6.80. The maximum absolute atomic E-state index is 6.39. The zero-order valence-electron chi connectivity index (χ0n) is 15.8. The van der Waals surface area contributed by atoms with Crippen LogP contribution in [0.1, 0.15) is 37.7 Å². The van der Waals surface area contributed by atoms with Gasteiger partial charge < -0.3 is 14.2 Å². The van der Waals surface area contributed by atoms with Crippen molar-refractivity contribution in [2.45, 2.75) is 50.5 Å². The van der Waals surface area contributed by atoms with E-state index in [9.17, 15) is 0 Å². The van der Waals surface area contributed by atoms with E-state index in [-0.39, 0.29) is 0 Å². The predicted octanol–water partition coefficient (Wildman–Crippen LogP) is 4.01. The molecule has 5 nitrogen and oxygen atoms in total. The topological polar surface area (TPSA) is 43.8 Å². The Balaban J connectivity index is 1.34. The molecule has 2 aliphatic heterocycles. The first-order chi connectivity index (χ1) is 13.3. The highest BCUT2D eigenvalue weighted by Crippen LogP contribution is 2.41. The van der Waals surface area contributed by atoms with Gasteiger partial charge in [0.25, 0.3) is 0 Å². The van der Waals surface area contributed by atoms with E-state index in [0.29, 0.717) is 12.5 Å². The summed E-state index contributed by atoms with van der Waals surface area (Å²) in [6.07, 6.45) is 7.74. The van der Waals surface area contributed by atoms with E-state index in [0.717, 1.165) is 54.4 Å². The van der Waals surface area contributed by atoms with E-state index in [2.05, 4.69) is 28.1 Å². The predicted molar refractivity (Wildman–Crippen MR) is 103 cm³/mol. The number of hydrogen-bond acceptors (Lipinski definition) is 5. The minimum Gasteiger partial charge on any atom is -0.481 e. The average Bonchev–Trinajstić information content (AvgIpc) is 2.68. The van der Waals surface area contributed by atoms with Gasteiger partial charge in [0.15, 0.2) is 0 Å². The molecule has 142 valence electrons. The van der Waals surface area contributed by atoms with Gasteiger partial charge >= 0.3 is 0 Å². The van der Waals surface area contributed by atoms with Crippen molar-refractivity contribution < 1.29 is 14.2 Å². The van der Waals surface area contributed by atoms with Crippen LogP contribution in [-0.4, -0.2) is 41.9 Å². The van der Waals surface area contributed by atoms with Gasteiger partial charge in [-0.05, 0) is 42.7 Å². The van der Waals surface area contributed by atoms with Crippen LogP contribution in [0.4, 0.5) is 0 Å². The second-order valence-corrected chi connectivity index (χ2v) is 7.80. The molecule has 1 aromatic carbocycles. The fourth-order valence-electron chi connectivity index (χ4n) is 4.40. The van der Waals surface area contributed by atoms with E-state index in [4.69, 9.17) is 14.2 Å². The number of pyridine rings is 1. The zero-order chi connectivity index (χ0) is 18.3. The number of piperidine rings is 1. The molecule has 3 aliphatic rings. The summed E-state index contributed by atoms with van der Waals surface area (Å²) in [5.74, 6) is 1.14. The van der Waals surface area contributed by atoms with E-state index < -0.39 is 5.79 Å². The van der Waals surface area contributed by atoms with Crippen LogP contribution in [0.15, 0.2) is 36.5 Å². The Hall–Kier alpha value is -2.11. The molecule has 0 bridgehead atoms. The number of methoxy groups -OCH3 is 1. The SMILES string of the molecule is COc1ncccc1-c1ccc2c(c1)COC1(CCN(C3CCC3)CC1)O2. The molecule has 1 saturated carbocycles. The Morgan fingerprint density at radius 2 is 2.04 bits per heavy atom. The first-order valence-electron chi connectivity index (χ1n) is 9.96. The number of hydrogen-bond donors (Lipinski definition) is 0. The van der Waals surface area contributed by atoms with Crippen LogP contribution in [-0.2, 0) is 11.3 Å². The van der Waals surface area contributed by atoms with Crippen LogP contribution in [0, 0.1) is 0 Å². The number of aromatic nitrogens is 1. The van der Waals surface area contributed by atoms with Gasteiger partial charge in [0.1, 0.15) is 5.75 Å². The molecule has 2 aromatic rings. The molecular formula is C22H26N2O3. The van der Waals surface area contributed by atoms with Gasteiger partial charge in [0, 0.05) is 49.3 Å². The third kappa shape index (κ3) is 3.09. The normalized spacial score (nSPS) is 22.0. The third-order valence-electron chi connectivity index (χ3n) is 6.27. The molecule has 1 aromatic heterocycles. The zero-order valence-corrected chi connectivity index (χ0v) is 15.8. The lowest BCUT2D eigenvalue weighted by molar-refractivity contribution is -0.231. The van der Waals surface area contributed by atoms with Crippen LogP contribution in [0.2, 0.25) is 0 Å². The van der Waals surface area contributed by atoms with Crippen molar-refractivity contribution in [2.24, 2.45) is 0 Å². The van der Waals surface area contributed by atoms with E-state index in [1.165, 1.54) is 19.3 Å². The molecule has 0 radical (unpaired) electrons. The third-order valence-corrected chi connectivity index (χ3v) is 6.27. The molecule has 3 heterocycles. The minimum absolute atomic E-state index is 0.444. The maximum Gasteiger partial charge on any atom is 0.221 e. The summed E-state index contributed by atoms with van der Waals surface area (Å²) in [6, 6.07) is 11.0. The Kier molecular flexibility index (Phi) is 4.29. The van der Waals surface area contributed by atoms with Gasteiger partial charge in [-0.15, -0.1) is 0 Å². The lowest BCUT2D eigenvalue weighted by atomic mass is 9.89. The lowest BCUT2D eigenvalue weighted by Crippen LogP contribution is -2.54. The van der Waals surface area contributed by atoms with Crippen molar-refractivity contribution >= 4 is 0 Å². The fraction of sp³-hybridized carbons (Fsp3) is 0.500. The summed E-state index contributed by atoms with van der Waals surface area (Å²) >= 11 is 0. The van der Waals surface area contributed by atoms with Crippen LogP contribution in [0.3, 0.4) is 0 Å². The Morgan fingerprint density at radius 1 is 1.19 bits per heavy atom. The molecular weight excluding hydrogens is 340 g/mol. The first kappa shape index (κ1) is 17.0. The molecule has 27 heavy (non-hydrogen) atoms. The monoisotopic (exact) mass is 366 g/mol. The number of fused-ring (bicyclic) bond motifs is 1. The van der Waals surface area contributed by atoms with Crippen LogP contribution >= 0.6 is 0 Å². The summed E-state index contributed by atoms with van der Waals surface area (Å²) < 4.78 is 18.1. The second-order valence-electron chi connectivity index (χ2n) is 7.80. The molecule has 2 fully saturated rings. The number of nitrogens with zero attached hydrogens (tertiary/aromatic N) is 2. The Bertz CT molecular complexity index is 826. The first-order valence-corrected chi connectivity index (χ1v) is 9.96. The number of rotatable bonds is 3. The van der Waals surface area contributed by atoms with Crippen LogP contribution in [0.25, 0.3) is 11.1 Å². The summed E-state index contributed by atoms with van der Waals surface area (Å²) in [7, 11) is 1.65. The standard InChI is InChI=1S/C22H26N2O3/c1-25-21-19(6-3-11-23-21)16-7-8-20-17(14-16)15-26-22(27-20)9-12-24(13-10-22)18-4-2-5-18/h3,6-8,11,14,18H,2,4-5,9-10,12-13,15H2,1H3. The molecule has 0 unspecified atom stereocenters. The molecule has 5 heteroatoms. The summed E-state index contributed by atoms with van der Waals surface area (Å²) in [6.45, 7) is 2.74. The highest BCUT2D eigenvalue weighted by molar-refractivity contribution is 5.70. The van der Waals surface area contributed by atoms with Gasteiger partial charge in [0.2, 0.25) is 11.7 Å². The van der Waals surface area contributed by atoms with Gasteiger partial charge in [-0.1, -0.05) is 12.5 Å². The largest absolute Gasteiger partial charge is 0.481 e. The van der Waals surface area contributed by atoms with Crippen LogP contribution in [0.5, 0.6) is 11.6 Å². The van der Waals surface area contributed by atoms with Crippen molar-refractivity contribution in [1.29, 1.82) is 0 Å².